The Balaban J connectivity index is 1.26. The number of methoxy groups -OCH3 is 1. The van der Waals surface area contributed by atoms with Crippen LogP contribution in [0.3, 0.4) is 0 Å². The average molecular weight is 454 g/mol. The van der Waals surface area contributed by atoms with Crippen molar-refractivity contribution in [2.45, 2.75) is 90.2 Å². The second-order valence-electron chi connectivity index (χ2n) is 12.4. The lowest BCUT2D eigenvalue weighted by Gasteiger charge is -2.57. The summed E-state index contributed by atoms with van der Waals surface area (Å²) in [5.74, 6) is 5.43. The van der Waals surface area contributed by atoms with Crippen LogP contribution in [0.2, 0.25) is 0 Å². The first-order valence-electron chi connectivity index (χ1n) is 13.4. The van der Waals surface area contributed by atoms with E-state index in [1.165, 1.54) is 44.9 Å². The maximum absolute atomic E-state index is 12.9. The highest BCUT2D eigenvalue weighted by molar-refractivity contribution is 5.94. The summed E-state index contributed by atoms with van der Waals surface area (Å²) in [6.07, 6.45) is 11.1. The zero-order valence-corrected chi connectivity index (χ0v) is 21.0. The predicted molar refractivity (Wildman–Crippen MR) is 131 cm³/mol. The summed E-state index contributed by atoms with van der Waals surface area (Å²) in [5, 5.41) is 14.0. The molecule has 1 aromatic rings. The molecule has 4 fully saturated rings. The molecule has 9 atom stereocenters. The van der Waals surface area contributed by atoms with Gasteiger partial charge in [0, 0.05) is 11.6 Å². The zero-order chi connectivity index (χ0) is 23.4. The Morgan fingerprint density at radius 1 is 1.00 bits per heavy atom. The third-order valence-corrected chi connectivity index (χ3v) is 10.6. The van der Waals surface area contributed by atoms with Crippen LogP contribution < -0.4 is 10.1 Å². The smallest absolute Gasteiger partial charge is 0.251 e. The Kier molecular flexibility index (Phi) is 6.04. The molecule has 0 aromatic heterocycles. The lowest BCUT2D eigenvalue weighted by atomic mass is 9.49. The Morgan fingerprint density at radius 2 is 1.73 bits per heavy atom. The summed E-state index contributed by atoms with van der Waals surface area (Å²) >= 11 is 0. The van der Waals surface area contributed by atoms with Crippen molar-refractivity contribution in [1.29, 1.82) is 0 Å². The fourth-order valence-electron chi connectivity index (χ4n) is 9.08. The number of aliphatic hydroxyl groups is 1. The van der Waals surface area contributed by atoms with Crippen molar-refractivity contribution in [3.63, 3.8) is 0 Å². The molecular weight excluding hydrogens is 410 g/mol. The number of nitrogens with one attached hydrogen (secondary N) is 1. The molecule has 5 rings (SSSR count). The van der Waals surface area contributed by atoms with Gasteiger partial charge in [0.2, 0.25) is 0 Å². The molecule has 4 saturated carbocycles. The van der Waals surface area contributed by atoms with Gasteiger partial charge in [-0.1, -0.05) is 6.92 Å². The normalized spacial score (nSPS) is 43.1. The molecule has 1 unspecified atom stereocenters. The topological polar surface area (TPSA) is 58.6 Å². The molecule has 0 heterocycles. The molecule has 33 heavy (non-hydrogen) atoms. The molecule has 4 aliphatic carbocycles. The third-order valence-electron chi connectivity index (χ3n) is 10.6. The first kappa shape index (κ1) is 23.2. The average Bonchev–Trinajstić information content (AvgIpc) is 3.15. The van der Waals surface area contributed by atoms with Gasteiger partial charge in [0.25, 0.3) is 5.91 Å². The van der Waals surface area contributed by atoms with E-state index in [1.807, 2.05) is 24.3 Å². The second kappa shape index (κ2) is 8.59. The second-order valence-corrected chi connectivity index (χ2v) is 12.4. The molecule has 1 amide bonds. The van der Waals surface area contributed by atoms with E-state index in [0.29, 0.717) is 16.9 Å². The van der Waals surface area contributed by atoms with Crippen LogP contribution in [-0.2, 0) is 0 Å². The van der Waals surface area contributed by atoms with Gasteiger partial charge in [0.15, 0.2) is 0 Å². The number of fused-ring (bicyclic) bond motifs is 5. The van der Waals surface area contributed by atoms with Crippen LogP contribution in [0.25, 0.3) is 0 Å². The number of amides is 1. The van der Waals surface area contributed by atoms with Crippen LogP contribution in [0.1, 0.15) is 88.9 Å². The molecule has 4 aliphatic rings. The highest BCUT2D eigenvalue weighted by atomic mass is 16.5. The molecule has 0 aliphatic heterocycles. The maximum atomic E-state index is 12.9. The van der Waals surface area contributed by atoms with Crippen molar-refractivity contribution in [2.24, 2.45) is 40.9 Å². The molecule has 1 aromatic carbocycles. The Bertz CT molecular complexity index is 864. The van der Waals surface area contributed by atoms with Crippen LogP contribution in [0, 0.1) is 40.9 Å². The standard InChI is InChI=1S/C29H43NO3/c1-18(30-27(31)19-5-8-21(33-4)9-6-19)25-11-12-26-24-10-7-20-17-28(2,32)15-13-22(20)23(24)14-16-29(25,26)3/h5-6,8-9,18,20,22-26,32H,7,10-17H2,1-4H3,(H,30,31)/t18-,20-,22+,23-,24-,25?,26+,28-,29-/m1/s1. The van der Waals surface area contributed by atoms with Gasteiger partial charge in [0.05, 0.1) is 12.7 Å². The van der Waals surface area contributed by atoms with Crippen LogP contribution in [-0.4, -0.2) is 29.8 Å². The highest BCUT2D eigenvalue weighted by Gasteiger charge is 2.58. The number of hydrogen-bond donors (Lipinski definition) is 2. The van der Waals surface area contributed by atoms with Gasteiger partial charge < -0.3 is 15.2 Å². The van der Waals surface area contributed by atoms with Crippen LogP contribution in [0.5, 0.6) is 5.75 Å². The largest absolute Gasteiger partial charge is 0.497 e. The van der Waals surface area contributed by atoms with Crippen LogP contribution in [0.4, 0.5) is 0 Å². The van der Waals surface area contributed by atoms with E-state index in [-0.39, 0.29) is 11.9 Å². The molecule has 4 nitrogen and oxygen atoms in total. The van der Waals surface area contributed by atoms with Gasteiger partial charge in [-0.2, -0.15) is 0 Å². The lowest BCUT2D eigenvalue weighted by Crippen LogP contribution is -2.52. The third kappa shape index (κ3) is 4.11. The molecule has 0 radical (unpaired) electrons. The quantitative estimate of drug-likeness (QED) is 0.603. The maximum Gasteiger partial charge on any atom is 0.251 e. The van der Waals surface area contributed by atoms with Crippen molar-refractivity contribution < 1.29 is 14.6 Å². The molecule has 0 spiro atoms. The summed E-state index contributed by atoms with van der Waals surface area (Å²) in [6, 6.07) is 7.60. The van der Waals surface area contributed by atoms with E-state index in [1.54, 1.807) is 7.11 Å². The SMILES string of the molecule is COc1ccc(C(=O)N[C@H](C)C2CC[C@H]3[C@@H]4CC[C@@H]5C[C@](C)(O)CC[C@@H]5[C@H]4CC[C@]23C)cc1. The summed E-state index contributed by atoms with van der Waals surface area (Å²) in [6.45, 7) is 6.82. The van der Waals surface area contributed by atoms with Gasteiger partial charge in [-0.05, 0) is 137 Å². The fourth-order valence-corrected chi connectivity index (χ4v) is 9.08. The van der Waals surface area contributed by atoms with E-state index in [0.717, 1.165) is 48.2 Å². The zero-order valence-electron chi connectivity index (χ0n) is 21.0. The number of ether oxygens (including phenoxy) is 1. The Hall–Kier alpha value is -1.55. The van der Waals surface area contributed by atoms with Gasteiger partial charge in [-0.25, -0.2) is 0 Å². The highest BCUT2D eigenvalue weighted by Crippen LogP contribution is 2.65. The lowest BCUT2D eigenvalue weighted by molar-refractivity contribution is -0.101. The number of benzene rings is 1. The number of carbonyl (C=O) groups is 1. The van der Waals surface area contributed by atoms with E-state index >= 15 is 0 Å². The van der Waals surface area contributed by atoms with Gasteiger partial charge >= 0.3 is 0 Å². The van der Waals surface area contributed by atoms with Crippen molar-refractivity contribution >= 4 is 5.91 Å². The molecule has 4 heteroatoms. The van der Waals surface area contributed by atoms with Gasteiger partial charge in [0.1, 0.15) is 5.75 Å². The Labute approximate surface area is 199 Å². The Morgan fingerprint density at radius 3 is 2.45 bits per heavy atom. The van der Waals surface area contributed by atoms with E-state index in [9.17, 15) is 9.90 Å². The molecule has 182 valence electrons. The fraction of sp³-hybridized carbons (Fsp3) is 0.759. The van der Waals surface area contributed by atoms with Gasteiger partial charge in [-0.15, -0.1) is 0 Å². The minimum atomic E-state index is -0.437. The predicted octanol–water partition coefficient (Wildman–Crippen LogP) is 5.83. The van der Waals surface area contributed by atoms with E-state index in [4.69, 9.17) is 4.74 Å². The van der Waals surface area contributed by atoms with Crippen molar-refractivity contribution in [1.82, 2.24) is 5.32 Å². The molecule has 0 saturated heterocycles. The van der Waals surface area contributed by atoms with Crippen LogP contribution in [0.15, 0.2) is 24.3 Å². The summed E-state index contributed by atoms with van der Waals surface area (Å²) in [4.78, 5) is 12.9. The number of carbonyl (C=O) groups excluding carboxylic acids is 1. The summed E-state index contributed by atoms with van der Waals surface area (Å²) in [5.41, 5.74) is 0.603. The minimum absolute atomic E-state index is 0.0284. The first-order valence-corrected chi connectivity index (χ1v) is 13.4. The summed E-state index contributed by atoms with van der Waals surface area (Å²) in [7, 11) is 1.65. The van der Waals surface area contributed by atoms with Crippen molar-refractivity contribution in [2.75, 3.05) is 7.11 Å². The summed E-state index contributed by atoms with van der Waals surface area (Å²) < 4.78 is 5.23. The molecule has 2 N–H and O–H groups in total. The molecular formula is C29H43NO3. The monoisotopic (exact) mass is 453 g/mol. The number of rotatable bonds is 4. The van der Waals surface area contributed by atoms with Crippen LogP contribution >= 0.6 is 0 Å². The minimum Gasteiger partial charge on any atom is -0.497 e. The van der Waals surface area contributed by atoms with Crippen molar-refractivity contribution in [3.05, 3.63) is 29.8 Å². The number of hydrogen-bond acceptors (Lipinski definition) is 3. The molecule has 0 bridgehead atoms. The first-order chi connectivity index (χ1) is 15.7. The van der Waals surface area contributed by atoms with E-state index < -0.39 is 5.60 Å². The van der Waals surface area contributed by atoms with Gasteiger partial charge in [-0.3, -0.25) is 4.79 Å². The van der Waals surface area contributed by atoms with E-state index in [2.05, 4.69) is 26.1 Å². The van der Waals surface area contributed by atoms with Crippen molar-refractivity contribution in [3.8, 4) is 5.75 Å².